The summed E-state index contributed by atoms with van der Waals surface area (Å²) in [6, 6.07) is 8.81. The quantitative estimate of drug-likeness (QED) is 0.400. The van der Waals surface area contributed by atoms with E-state index in [0.717, 1.165) is 17.4 Å². The molecule has 0 aromatic heterocycles. The predicted molar refractivity (Wildman–Crippen MR) is 116 cm³/mol. The van der Waals surface area contributed by atoms with Crippen LogP contribution < -0.4 is 20.9 Å². The topological polar surface area (TPSA) is 122 Å². The number of hydrogen-bond acceptors (Lipinski definition) is 6. The molecule has 0 radical (unpaired) electrons. The first-order valence-corrected chi connectivity index (χ1v) is 11.9. The van der Waals surface area contributed by atoms with Crippen molar-refractivity contribution in [3.8, 4) is 5.75 Å². The number of carbonyl (C=O) groups is 2. The minimum atomic E-state index is -3.17. The van der Waals surface area contributed by atoms with E-state index in [1.54, 1.807) is 12.1 Å². The molecule has 0 aliphatic carbocycles. The number of hydrazine groups is 1. The van der Waals surface area contributed by atoms with E-state index < -0.39 is 27.6 Å². The van der Waals surface area contributed by atoms with Gasteiger partial charge < -0.3 is 9.64 Å². The van der Waals surface area contributed by atoms with Crippen LogP contribution in [0.3, 0.4) is 0 Å². The molecule has 32 heavy (non-hydrogen) atoms. The maximum atomic E-state index is 14.8. The number of urea groups is 1. The highest BCUT2D eigenvalue weighted by Crippen LogP contribution is 2.31. The molecule has 3 N–H and O–H groups in total. The van der Waals surface area contributed by atoms with E-state index in [-0.39, 0.29) is 42.3 Å². The molecule has 0 spiro atoms. The summed E-state index contributed by atoms with van der Waals surface area (Å²) >= 11 is 0. The monoisotopic (exact) mass is 462 g/mol. The van der Waals surface area contributed by atoms with Crippen LogP contribution >= 0.6 is 0 Å². The Bertz CT molecular complexity index is 1160. The van der Waals surface area contributed by atoms with E-state index >= 15 is 0 Å². The molecule has 9 nitrogen and oxygen atoms in total. The van der Waals surface area contributed by atoms with E-state index in [1.165, 1.54) is 21.9 Å². The minimum Gasteiger partial charge on any atom is -0.493 e. The summed E-state index contributed by atoms with van der Waals surface area (Å²) in [5.41, 5.74) is 3.70. The van der Waals surface area contributed by atoms with Crippen molar-refractivity contribution in [3.63, 3.8) is 0 Å². The molecule has 2 heterocycles. The van der Waals surface area contributed by atoms with Gasteiger partial charge in [-0.1, -0.05) is 6.07 Å². The number of carbonyl (C=O) groups excluding carboxylic acids is 2. The van der Waals surface area contributed by atoms with E-state index in [0.29, 0.717) is 18.7 Å². The lowest BCUT2D eigenvalue weighted by molar-refractivity contribution is 0.0953. The van der Waals surface area contributed by atoms with Crippen LogP contribution in [0.2, 0.25) is 0 Å². The van der Waals surface area contributed by atoms with E-state index in [9.17, 15) is 22.4 Å². The Morgan fingerprint density at radius 2 is 1.91 bits per heavy atom. The van der Waals surface area contributed by atoms with Crippen molar-refractivity contribution >= 4 is 27.5 Å². The van der Waals surface area contributed by atoms with Gasteiger partial charge in [0.05, 0.1) is 24.7 Å². The third kappa shape index (κ3) is 4.53. The van der Waals surface area contributed by atoms with Gasteiger partial charge in [0.15, 0.2) is 9.84 Å². The lowest BCUT2D eigenvalue weighted by Gasteiger charge is -2.33. The number of nitrogens with two attached hydrogens (primary N) is 1. The Morgan fingerprint density at radius 1 is 1.16 bits per heavy atom. The zero-order valence-corrected chi connectivity index (χ0v) is 18.0. The fraction of sp³-hybridized carbons (Fsp3) is 0.333. The van der Waals surface area contributed by atoms with Crippen LogP contribution in [0.25, 0.3) is 0 Å². The number of halogens is 1. The highest BCUT2D eigenvalue weighted by Gasteiger charge is 2.30. The van der Waals surface area contributed by atoms with Gasteiger partial charge in [-0.05, 0) is 35.9 Å². The second-order valence-corrected chi connectivity index (χ2v) is 9.98. The molecular formula is C21H23FN4O5S. The standard InChI is InChI=1S/C21H23FN4O5S/c22-18-12-15(20(27)24-23)1-2-16(18)13-26(17-3-4-19-14(11-17)5-8-31-19)21(28)25-6-9-32(29,30)10-7-25/h1-4,11-12H,5-10,13,23H2,(H,24,27). The number of nitrogens with one attached hydrogen (secondary N) is 1. The molecule has 0 unspecified atom stereocenters. The number of hydrogen-bond donors (Lipinski definition) is 2. The molecule has 2 aromatic carbocycles. The minimum absolute atomic E-state index is 0.0579. The first-order chi connectivity index (χ1) is 15.3. The Kier molecular flexibility index (Phi) is 6.02. The van der Waals surface area contributed by atoms with Crippen molar-refractivity contribution in [1.29, 1.82) is 0 Å². The summed E-state index contributed by atoms with van der Waals surface area (Å²) in [6.07, 6.45) is 0.699. The molecule has 2 aromatic rings. The van der Waals surface area contributed by atoms with Gasteiger partial charge in [-0.15, -0.1) is 0 Å². The van der Waals surface area contributed by atoms with Crippen LogP contribution in [0, 0.1) is 5.82 Å². The van der Waals surface area contributed by atoms with Crippen LogP contribution in [0.5, 0.6) is 5.75 Å². The molecule has 170 valence electrons. The number of nitrogen functional groups attached to an aromatic ring is 1. The van der Waals surface area contributed by atoms with Gasteiger partial charge in [-0.3, -0.25) is 15.1 Å². The molecule has 2 aliphatic heterocycles. The third-order valence-electron chi connectivity index (χ3n) is 5.61. The molecule has 4 rings (SSSR count). The molecule has 1 saturated heterocycles. The lowest BCUT2D eigenvalue weighted by atomic mass is 10.1. The van der Waals surface area contributed by atoms with Crippen molar-refractivity contribution in [3.05, 3.63) is 58.9 Å². The summed E-state index contributed by atoms with van der Waals surface area (Å²) in [5.74, 6) is 4.34. The number of sulfone groups is 1. The first kappa shape index (κ1) is 22.0. The number of fused-ring (bicyclic) bond motifs is 1. The average molecular weight is 463 g/mol. The fourth-order valence-corrected chi connectivity index (χ4v) is 4.96. The van der Waals surface area contributed by atoms with Gasteiger partial charge in [-0.25, -0.2) is 23.4 Å². The highest BCUT2D eigenvalue weighted by molar-refractivity contribution is 7.91. The van der Waals surface area contributed by atoms with Crippen LogP contribution in [0.4, 0.5) is 14.9 Å². The van der Waals surface area contributed by atoms with Gasteiger partial charge in [-0.2, -0.15) is 0 Å². The Balaban J connectivity index is 1.65. The normalized spacial score (nSPS) is 16.8. The van der Waals surface area contributed by atoms with Crippen molar-refractivity contribution in [2.24, 2.45) is 5.84 Å². The Hall–Kier alpha value is -3.18. The van der Waals surface area contributed by atoms with Gasteiger partial charge in [0.25, 0.3) is 5.91 Å². The zero-order valence-electron chi connectivity index (χ0n) is 17.2. The van der Waals surface area contributed by atoms with Gasteiger partial charge in [0.2, 0.25) is 0 Å². The molecule has 2 aliphatic rings. The largest absolute Gasteiger partial charge is 0.493 e. The lowest BCUT2D eigenvalue weighted by Crippen LogP contribution is -2.49. The summed E-state index contributed by atoms with van der Waals surface area (Å²) < 4.78 is 43.9. The number of amides is 3. The smallest absolute Gasteiger partial charge is 0.324 e. The van der Waals surface area contributed by atoms with Crippen LogP contribution in [0.15, 0.2) is 36.4 Å². The third-order valence-corrected chi connectivity index (χ3v) is 7.21. The predicted octanol–water partition coefficient (Wildman–Crippen LogP) is 1.22. The Morgan fingerprint density at radius 3 is 2.59 bits per heavy atom. The molecule has 1 fully saturated rings. The number of anilines is 1. The highest BCUT2D eigenvalue weighted by atomic mass is 32.2. The fourth-order valence-electron chi connectivity index (χ4n) is 3.76. The SMILES string of the molecule is NNC(=O)c1ccc(CN(C(=O)N2CCS(=O)(=O)CC2)c2ccc3c(c2)CCO3)c(F)c1. The van der Waals surface area contributed by atoms with Crippen molar-refractivity contribution < 1.29 is 27.1 Å². The average Bonchev–Trinajstić information content (AvgIpc) is 3.25. The van der Waals surface area contributed by atoms with Crippen molar-refractivity contribution in [2.45, 2.75) is 13.0 Å². The van der Waals surface area contributed by atoms with Gasteiger partial charge >= 0.3 is 6.03 Å². The summed E-state index contributed by atoms with van der Waals surface area (Å²) in [5, 5.41) is 0. The second kappa shape index (κ2) is 8.75. The van der Waals surface area contributed by atoms with E-state index in [2.05, 4.69) is 0 Å². The van der Waals surface area contributed by atoms with Gasteiger partial charge in [0.1, 0.15) is 11.6 Å². The van der Waals surface area contributed by atoms with Crippen LogP contribution in [-0.2, 0) is 22.8 Å². The summed E-state index contributed by atoms with van der Waals surface area (Å²) in [4.78, 5) is 27.9. The second-order valence-electron chi connectivity index (χ2n) is 7.68. The van der Waals surface area contributed by atoms with E-state index in [1.807, 2.05) is 11.5 Å². The zero-order chi connectivity index (χ0) is 22.9. The maximum absolute atomic E-state index is 14.8. The molecule has 0 bridgehead atoms. The van der Waals surface area contributed by atoms with Crippen LogP contribution in [-0.4, -0.2) is 56.5 Å². The molecule has 0 atom stereocenters. The number of rotatable bonds is 4. The maximum Gasteiger partial charge on any atom is 0.324 e. The Labute approximate surface area is 184 Å². The summed E-state index contributed by atoms with van der Waals surface area (Å²) in [7, 11) is -3.17. The molecule has 3 amide bonds. The van der Waals surface area contributed by atoms with Crippen molar-refractivity contribution in [1.82, 2.24) is 10.3 Å². The summed E-state index contributed by atoms with van der Waals surface area (Å²) in [6.45, 7) is 0.599. The van der Waals surface area contributed by atoms with Crippen molar-refractivity contribution in [2.75, 3.05) is 36.1 Å². The molecular weight excluding hydrogens is 439 g/mol. The molecule has 0 saturated carbocycles. The first-order valence-electron chi connectivity index (χ1n) is 10.1. The van der Waals surface area contributed by atoms with E-state index in [4.69, 9.17) is 10.6 Å². The van der Waals surface area contributed by atoms with Gasteiger partial charge in [0, 0.05) is 36.3 Å². The number of nitrogens with zero attached hydrogens (tertiary/aromatic N) is 2. The number of ether oxygens (including phenoxy) is 1. The number of benzene rings is 2. The van der Waals surface area contributed by atoms with Crippen LogP contribution in [0.1, 0.15) is 21.5 Å². The molecule has 11 heteroatoms.